The molecule has 3 amide bonds. The van der Waals surface area contributed by atoms with E-state index in [1.54, 1.807) is 0 Å². The van der Waals surface area contributed by atoms with Gasteiger partial charge in [0.15, 0.2) is 5.65 Å². The van der Waals surface area contributed by atoms with Gasteiger partial charge in [0.25, 0.3) is 0 Å². The number of imide groups is 1. The number of rotatable bonds is 11. The van der Waals surface area contributed by atoms with Gasteiger partial charge in [0.2, 0.25) is 11.8 Å². The van der Waals surface area contributed by atoms with Gasteiger partial charge in [-0.1, -0.05) is 23.4 Å². The Labute approximate surface area is 367 Å². The number of aromatic nitrogens is 6. The molecule has 4 aromatic heterocycles. The molecule has 4 saturated heterocycles. The number of benzene rings is 1. The number of amides is 3. The first kappa shape index (κ1) is 42.4. The quantitative estimate of drug-likeness (QED) is 0.133. The number of pyridine rings is 1. The van der Waals surface area contributed by atoms with Gasteiger partial charge in [-0.3, -0.25) is 24.8 Å². The summed E-state index contributed by atoms with van der Waals surface area (Å²) >= 11 is 0. The molecule has 1 unspecified atom stereocenters. The number of nitrogens with two attached hydrogens (primary N) is 1. The Hall–Kier alpha value is -5.94. The van der Waals surface area contributed by atoms with E-state index in [1.165, 1.54) is 11.9 Å². The summed E-state index contributed by atoms with van der Waals surface area (Å²) in [6.45, 7) is 12.6. The maximum Gasteiger partial charge on any atom is 0.409 e. The lowest BCUT2D eigenvalue weighted by Gasteiger charge is -2.42. The van der Waals surface area contributed by atoms with Gasteiger partial charge in [-0.15, -0.1) is 0 Å². The van der Waals surface area contributed by atoms with Crippen LogP contribution in [0, 0.1) is 6.92 Å². The molecule has 17 heteroatoms. The molecular weight excluding hydrogens is 801 g/mol. The standard InChI is InChI=1S/C46H58N12O5/c1-28(2)58-44-40(43(47)49-27-50-44)41(53-58)42-39(29(3)63-54-42)36-9-6-33(26-48-36)32-14-22-57(23-15-32)46(61)62-25-24-55-18-16-35(17-19-55)56-20-12-31(13-21-56)30-4-7-34(8-5-30)51-37-10-11-38(59)52-45(37)60/h4-9,26-28,31-32,35,37,51H,10-25H2,1-3H3,(H2,47,49,50)(H,52,59,60). The number of nitrogens with zero attached hydrogens (tertiary/aromatic N) is 9. The summed E-state index contributed by atoms with van der Waals surface area (Å²) in [4.78, 5) is 57.2. The Bertz CT molecular complexity index is 2410. The lowest BCUT2D eigenvalue weighted by atomic mass is 9.88. The Morgan fingerprint density at radius 2 is 1.60 bits per heavy atom. The van der Waals surface area contributed by atoms with E-state index < -0.39 is 0 Å². The number of carbonyl (C=O) groups excluding carboxylic acids is 3. The maximum atomic E-state index is 13.1. The number of anilines is 2. The summed E-state index contributed by atoms with van der Waals surface area (Å²) in [5, 5.41) is 15.6. The Morgan fingerprint density at radius 3 is 2.30 bits per heavy atom. The Balaban J connectivity index is 0.690. The Kier molecular flexibility index (Phi) is 12.4. The van der Waals surface area contributed by atoms with Crippen LogP contribution in [0.3, 0.4) is 0 Å². The summed E-state index contributed by atoms with van der Waals surface area (Å²) in [6, 6.07) is 12.9. The van der Waals surface area contributed by atoms with Gasteiger partial charge < -0.3 is 30.1 Å². The molecule has 63 heavy (non-hydrogen) atoms. The second kappa shape index (κ2) is 18.4. The summed E-state index contributed by atoms with van der Waals surface area (Å²) in [6.07, 6.45) is 10.2. The fraction of sp³-hybridized carbons (Fsp3) is 0.522. The van der Waals surface area contributed by atoms with Crippen LogP contribution in [-0.4, -0.2) is 127 Å². The highest BCUT2D eigenvalue weighted by atomic mass is 16.6. The third kappa shape index (κ3) is 9.12. The summed E-state index contributed by atoms with van der Waals surface area (Å²) < 4.78 is 13.3. The van der Waals surface area contributed by atoms with Crippen LogP contribution in [0.4, 0.5) is 16.3 Å². The zero-order valence-electron chi connectivity index (χ0n) is 36.5. The highest BCUT2D eigenvalue weighted by molar-refractivity contribution is 6.02. The second-order valence-electron chi connectivity index (χ2n) is 17.8. The molecule has 1 atom stereocenters. The molecule has 1 aromatic carbocycles. The maximum absolute atomic E-state index is 13.1. The molecule has 0 radical (unpaired) electrons. The lowest BCUT2D eigenvalue weighted by Crippen LogP contribution is -2.48. The minimum Gasteiger partial charge on any atom is -0.448 e. The van der Waals surface area contributed by atoms with E-state index in [9.17, 15) is 14.4 Å². The van der Waals surface area contributed by atoms with Crippen LogP contribution in [0.1, 0.15) is 100.0 Å². The second-order valence-corrected chi connectivity index (χ2v) is 17.8. The van der Waals surface area contributed by atoms with Crippen LogP contribution in [-0.2, 0) is 14.3 Å². The van der Waals surface area contributed by atoms with Crippen molar-refractivity contribution in [2.45, 2.75) is 102 Å². The summed E-state index contributed by atoms with van der Waals surface area (Å²) in [5.41, 5.74) is 12.9. The normalized spacial score (nSPS) is 20.1. The third-order valence-corrected chi connectivity index (χ3v) is 13.6. The highest BCUT2D eigenvalue weighted by Gasteiger charge is 2.31. The highest BCUT2D eigenvalue weighted by Crippen LogP contribution is 2.39. The van der Waals surface area contributed by atoms with Crippen molar-refractivity contribution in [3.05, 3.63) is 65.8 Å². The van der Waals surface area contributed by atoms with E-state index >= 15 is 0 Å². The van der Waals surface area contributed by atoms with Crippen molar-refractivity contribution in [2.75, 3.05) is 63.5 Å². The first-order valence-corrected chi connectivity index (χ1v) is 22.6. The number of likely N-dealkylation sites (tertiary alicyclic amines) is 3. The first-order valence-electron chi connectivity index (χ1n) is 22.6. The van der Waals surface area contributed by atoms with E-state index in [4.69, 9.17) is 25.1 Å². The largest absolute Gasteiger partial charge is 0.448 e. The van der Waals surface area contributed by atoms with E-state index in [-0.39, 0.29) is 35.9 Å². The van der Waals surface area contributed by atoms with Gasteiger partial charge in [-0.2, -0.15) is 5.10 Å². The average Bonchev–Trinajstić information content (AvgIpc) is 3.89. The third-order valence-electron chi connectivity index (χ3n) is 13.6. The van der Waals surface area contributed by atoms with E-state index in [1.807, 2.05) is 42.6 Å². The van der Waals surface area contributed by atoms with Crippen LogP contribution in [0.15, 0.2) is 53.4 Å². The van der Waals surface area contributed by atoms with Gasteiger partial charge in [0.05, 0.1) is 16.6 Å². The zero-order valence-corrected chi connectivity index (χ0v) is 36.5. The fourth-order valence-corrected chi connectivity index (χ4v) is 9.89. The molecule has 332 valence electrons. The SMILES string of the molecule is Cc1onc(-c2nn(C(C)C)c3ncnc(N)c23)c1-c1ccc(C2CCN(C(=O)OCCN3CCC(N4CCC(c5ccc(NC6CCC(=O)NC6=O)cc5)CC4)CC3)CC2)cn1. The summed E-state index contributed by atoms with van der Waals surface area (Å²) in [7, 11) is 0. The van der Waals surface area contributed by atoms with Gasteiger partial charge in [0.1, 0.15) is 41.9 Å². The van der Waals surface area contributed by atoms with Crippen LogP contribution in [0.25, 0.3) is 33.7 Å². The van der Waals surface area contributed by atoms with Crippen LogP contribution >= 0.6 is 0 Å². The van der Waals surface area contributed by atoms with Gasteiger partial charge >= 0.3 is 6.09 Å². The minimum atomic E-state index is -0.370. The summed E-state index contributed by atoms with van der Waals surface area (Å²) in [5.74, 6) is 1.33. The van der Waals surface area contributed by atoms with Crippen LogP contribution in [0.5, 0.6) is 0 Å². The predicted octanol–water partition coefficient (Wildman–Crippen LogP) is 5.89. The van der Waals surface area contributed by atoms with Crippen molar-refractivity contribution in [1.82, 2.24) is 49.9 Å². The minimum absolute atomic E-state index is 0.0484. The molecule has 5 aromatic rings. The van der Waals surface area contributed by atoms with E-state index in [0.29, 0.717) is 78.5 Å². The Morgan fingerprint density at radius 1 is 0.889 bits per heavy atom. The molecule has 9 rings (SSSR count). The number of aryl methyl sites for hydroxylation is 1. The lowest BCUT2D eigenvalue weighted by molar-refractivity contribution is -0.133. The first-order chi connectivity index (χ1) is 30.6. The van der Waals surface area contributed by atoms with E-state index in [2.05, 4.69) is 65.9 Å². The molecule has 4 fully saturated rings. The van der Waals surface area contributed by atoms with Crippen molar-refractivity contribution in [3.8, 4) is 22.6 Å². The zero-order chi connectivity index (χ0) is 43.6. The topological polar surface area (TPSA) is 203 Å². The molecular formula is C46H58N12O5. The number of carbonyl (C=O) groups is 3. The molecule has 8 heterocycles. The molecule has 4 aliphatic heterocycles. The van der Waals surface area contributed by atoms with Crippen molar-refractivity contribution in [1.29, 1.82) is 0 Å². The molecule has 0 saturated carbocycles. The molecule has 0 bridgehead atoms. The molecule has 4 aliphatic rings. The molecule has 0 spiro atoms. The molecule has 0 aliphatic carbocycles. The van der Waals surface area contributed by atoms with Crippen molar-refractivity contribution >= 4 is 40.4 Å². The van der Waals surface area contributed by atoms with Crippen molar-refractivity contribution in [3.63, 3.8) is 0 Å². The van der Waals surface area contributed by atoms with E-state index in [0.717, 1.165) is 93.8 Å². The monoisotopic (exact) mass is 858 g/mol. The smallest absolute Gasteiger partial charge is 0.409 e. The predicted molar refractivity (Wildman–Crippen MR) is 238 cm³/mol. The molecule has 4 N–H and O–H groups in total. The van der Waals surface area contributed by atoms with Gasteiger partial charge in [-0.25, -0.2) is 19.4 Å². The fourth-order valence-electron chi connectivity index (χ4n) is 9.89. The average molecular weight is 859 g/mol. The number of nitrogens with one attached hydrogen (secondary N) is 2. The van der Waals surface area contributed by atoms with Crippen LogP contribution in [0.2, 0.25) is 0 Å². The number of hydrogen-bond acceptors (Lipinski definition) is 14. The van der Waals surface area contributed by atoms with Crippen molar-refractivity contribution in [2.24, 2.45) is 0 Å². The molecule has 17 nitrogen and oxygen atoms in total. The number of nitrogen functional groups attached to an aromatic ring is 1. The van der Waals surface area contributed by atoms with Crippen molar-refractivity contribution < 1.29 is 23.6 Å². The number of ether oxygens (including phenoxy) is 1. The van der Waals surface area contributed by atoms with Gasteiger partial charge in [-0.05, 0) is 133 Å². The number of fused-ring (bicyclic) bond motifs is 1. The van der Waals surface area contributed by atoms with Crippen LogP contribution < -0.4 is 16.4 Å². The number of hydrogen-bond donors (Lipinski definition) is 3. The number of piperidine rings is 4. The van der Waals surface area contributed by atoms with Gasteiger partial charge in [0, 0.05) is 50.0 Å².